The Hall–Kier alpha value is -3.42. The van der Waals surface area contributed by atoms with Crippen molar-refractivity contribution in [3.8, 4) is 21.1 Å². The van der Waals surface area contributed by atoms with Gasteiger partial charge in [0.15, 0.2) is 0 Å². The van der Waals surface area contributed by atoms with E-state index in [1.165, 1.54) is 0 Å². The summed E-state index contributed by atoms with van der Waals surface area (Å²) in [6.45, 7) is 0. The molecule has 0 unspecified atom stereocenters. The summed E-state index contributed by atoms with van der Waals surface area (Å²) in [5, 5.41) is 9.46. The maximum atomic E-state index is 12.0. The zero-order valence-corrected chi connectivity index (χ0v) is 16.8. The third-order valence-corrected chi connectivity index (χ3v) is 6.26. The summed E-state index contributed by atoms with van der Waals surface area (Å²) >= 11 is 3.23. The van der Waals surface area contributed by atoms with Crippen LogP contribution in [0.25, 0.3) is 32.2 Å². The zero-order valence-electron chi connectivity index (χ0n) is 15.2. The summed E-state index contributed by atoms with van der Waals surface area (Å²) in [4.78, 5) is 22.3. The van der Waals surface area contributed by atoms with Gasteiger partial charge in [-0.3, -0.25) is 0 Å². The molecule has 0 spiro atoms. The van der Waals surface area contributed by atoms with E-state index >= 15 is 0 Å². The van der Waals surface area contributed by atoms with Gasteiger partial charge in [-0.1, -0.05) is 24.3 Å². The van der Waals surface area contributed by atoms with Crippen molar-refractivity contribution in [3.05, 3.63) is 77.5 Å². The molecule has 3 aromatic heterocycles. The predicted octanol–water partition coefficient (Wildman–Crippen LogP) is 6.66. The van der Waals surface area contributed by atoms with E-state index in [4.69, 9.17) is 0 Å². The number of thiophene rings is 2. The van der Waals surface area contributed by atoms with Crippen LogP contribution in [0.2, 0.25) is 0 Å². The number of fused-ring (bicyclic) bond motifs is 1. The number of aromatic nitrogens is 2. The fourth-order valence-corrected chi connectivity index (χ4v) is 4.58. The lowest BCUT2D eigenvalue weighted by Gasteiger charge is -2.07. The number of aromatic amines is 1. The van der Waals surface area contributed by atoms with E-state index in [1.807, 2.05) is 65.4 Å². The molecule has 0 aliphatic heterocycles. The molecule has 0 radical (unpaired) electrons. The molecule has 5 nitrogen and oxygen atoms in total. The Morgan fingerprint density at radius 2 is 1.66 bits per heavy atom. The Labute approximate surface area is 175 Å². The predicted molar refractivity (Wildman–Crippen MR) is 122 cm³/mol. The number of carbonyl (C=O) groups excluding carboxylic acids is 1. The van der Waals surface area contributed by atoms with Crippen LogP contribution in [0.1, 0.15) is 0 Å². The number of imidazole rings is 1. The molecule has 3 N–H and O–H groups in total. The number of H-pyrrole nitrogens is 1. The van der Waals surface area contributed by atoms with E-state index in [2.05, 4.69) is 32.7 Å². The summed E-state index contributed by atoms with van der Waals surface area (Å²) in [5.74, 6) is 0.880. The topological polar surface area (TPSA) is 69.8 Å². The van der Waals surface area contributed by atoms with Gasteiger partial charge in [0, 0.05) is 15.9 Å². The van der Waals surface area contributed by atoms with Gasteiger partial charge in [0.25, 0.3) is 0 Å². The van der Waals surface area contributed by atoms with Crippen molar-refractivity contribution >= 4 is 51.1 Å². The Bertz CT molecular complexity index is 1240. The Kier molecular flexibility index (Phi) is 4.59. The lowest BCUT2D eigenvalue weighted by atomic mass is 10.2. The number of benzene rings is 2. The molecule has 142 valence electrons. The third-order valence-electron chi connectivity index (χ3n) is 4.44. The zero-order chi connectivity index (χ0) is 19.6. The van der Waals surface area contributed by atoms with Crippen molar-refractivity contribution in [3.63, 3.8) is 0 Å². The van der Waals surface area contributed by atoms with Crippen LogP contribution in [0, 0.1) is 0 Å². The highest BCUT2D eigenvalue weighted by molar-refractivity contribution is 7.18. The number of nitrogens with zero attached hydrogens (tertiary/aromatic N) is 1. The maximum Gasteiger partial charge on any atom is 0.323 e. The van der Waals surface area contributed by atoms with Gasteiger partial charge < -0.3 is 15.6 Å². The second-order valence-corrected chi connectivity index (χ2v) is 8.30. The molecule has 29 heavy (non-hydrogen) atoms. The molecule has 0 saturated carbocycles. The van der Waals surface area contributed by atoms with Crippen molar-refractivity contribution in [1.29, 1.82) is 0 Å². The molecule has 7 heteroatoms. The molecule has 2 aromatic carbocycles. The van der Waals surface area contributed by atoms with Crippen LogP contribution in [-0.4, -0.2) is 16.0 Å². The monoisotopic (exact) mass is 416 g/mol. The van der Waals surface area contributed by atoms with E-state index in [9.17, 15) is 4.79 Å². The quantitative estimate of drug-likeness (QED) is 0.306. The minimum Gasteiger partial charge on any atom is -0.337 e. The SMILES string of the molecule is O=C(Nc1ccc(-c2ccc(-c3nc4ccccc4[nH]3)s2)cc1)Nc1ccsc1. The molecular formula is C22H16N4OS2. The van der Waals surface area contributed by atoms with Gasteiger partial charge >= 0.3 is 6.03 Å². The highest BCUT2D eigenvalue weighted by Crippen LogP contribution is 2.34. The molecule has 0 atom stereocenters. The van der Waals surface area contributed by atoms with Gasteiger partial charge in [0.2, 0.25) is 0 Å². The van der Waals surface area contributed by atoms with E-state index in [0.717, 1.165) is 43.6 Å². The fraction of sp³-hybridized carbons (Fsp3) is 0. The minimum atomic E-state index is -0.251. The first-order valence-electron chi connectivity index (χ1n) is 9.00. The number of carbonyl (C=O) groups is 1. The maximum absolute atomic E-state index is 12.0. The molecule has 5 rings (SSSR count). The number of anilines is 2. The number of rotatable bonds is 4. The van der Waals surface area contributed by atoms with Gasteiger partial charge in [-0.2, -0.15) is 11.3 Å². The second-order valence-electron chi connectivity index (χ2n) is 6.43. The van der Waals surface area contributed by atoms with Crippen LogP contribution in [0.5, 0.6) is 0 Å². The lowest BCUT2D eigenvalue weighted by molar-refractivity contribution is 0.262. The first-order chi connectivity index (χ1) is 14.2. The summed E-state index contributed by atoms with van der Waals surface area (Å²) in [5.41, 5.74) is 4.64. The van der Waals surface area contributed by atoms with Crippen molar-refractivity contribution < 1.29 is 4.79 Å². The summed E-state index contributed by atoms with van der Waals surface area (Å²) in [6, 6.07) is 21.6. The lowest BCUT2D eigenvalue weighted by Crippen LogP contribution is -2.18. The van der Waals surface area contributed by atoms with Crippen molar-refractivity contribution in [2.75, 3.05) is 10.6 Å². The summed E-state index contributed by atoms with van der Waals surface area (Å²) in [6.07, 6.45) is 0. The first-order valence-corrected chi connectivity index (χ1v) is 10.8. The van der Waals surface area contributed by atoms with Crippen LogP contribution < -0.4 is 10.6 Å². The van der Waals surface area contributed by atoms with E-state index in [1.54, 1.807) is 22.7 Å². The number of hydrogen-bond donors (Lipinski definition) is 3. The summed E-state index contributed by atoms with van der Waals surface area (Å²) < 4.78 is 0. The molecule has 0 aliphatic carbocycles. The van der Waals surface area contributed by atoms with Crippen LogP contribution in [-0.2, 0) is 0 Å². The molecular weight excluding hydrogens is 400 g/mol. The van der Waals surface area contributed by atoms with Crippen LogP contribution in [0.4, 0.5) is 16.2 Å². The van der Waals surface area contributed by atoms with Crippen molar-refractivity contribution in [1.82, 2.24) is 9.97 Å². The average Bonchev–Trinajstić information content (AvgIpc) is 3.48. The number of amides is 2. The van der Waals surface area contributed by atoms with E-state index in [-0.39, 0.29) is 6.03 Å². The van der Waals surface area contributed by atoms with Crippen LogP contribution in [0.3, 0.4) is 0 Å². The highest BCUT2D eigenvalue weighted by Gasteiger charge is 2.10. The van der Waals surface area contributed by atoms with Crippen LogP contribution >= 0.6 is 22.7 Å². The van der Waals surface area contributed by atoms with Gasteiger partial charge in [-0.15, -0.1) is 11.3 Å². The Morgan fingerprint density at radius 3 is 2.45 bits per heavy atom. The molecule has 0 aliphatic rings. The minimum absolute atomic E-state index is 0.251. The number of nitrogens with one attached hydrogen (secondary N) is 3. The van der Waals surface area contributed by atoms with Gasteiger partial charge in [-0.05, 0) is 53.4 Å². The third kappa shape index (κ3) is 3.78. The molecule has 5 aromatic rings. The highest BCUT2D eigenvalue weighted by atomic mass is 32.1. The molecule has 2 amide bonds. The van der Waals surface area contributed by atoms with Gasteiger partial charge in [-0.25, -0.2) is 9.78 Å². The summed E-state index contributed by atoms with van der Waals surface area (Å²) in [7, 11) is 0. The van der Waals surface area contributed by atoms with Gasteiger partial charge in [0.1, 0.15) is 5.82 Å². The molecule has 0 fully saturated rings. The molecule has 0 bridgehead atoms. The van der Waals surface area contributed by atoms with Crippen LogP contribution in [0.15, 0.2) is 77.5 Å². The Balaban J connectivity index is 1.31. The van der Waals surface area contributed by atoms with E-state index < -0.39 is 0 Å². The van der Waals surface area contributed by atoms with Gasteiger partial charge in [0.05, 0.1) is 21.6 Å². The van der Waals surface area contributed by atoms with E-state index in [0.29, 0.717) is 0 Å². The second kappa shape index (κ2) is 7.54. The first kappa shape index (κ1) is 17.7. The fourth-order valence-electron chi connectivity index (χ4n) is 3.04. The largest absolute Gasteiger partial charge is 0.337 e. The van der Waals surface area contributed by atoms with Crippen molar-refractivity contribution in [2.24, 2.45) is 0 Å². The Morgan fingerprint density at radius 1 is 0.862 bits per heavy atom. The standard InChI is InChI=1S/C22H16N4OS2/c27-22(24-16-11-12-28-13-16)23-15-7-5-14(6-8-15)19-9-10-20(29-19)21-25-17-3-1-2-4-18(17)26-21/h1-13H,(H,25,26)(H2,23,24,27). The van der Waals surface area contributed by atoms with Crippen molar-refractivity contribution in [2.45, 2.75) is 0 Å². The molecule has 0 saturated heterocycles. The number of para-hydroxylation sites is 2. The molecule has 3 heterocycles. The smallest absolute Gasteiger partial charge is 0.323 e. The number of urea groups is 1. The number of hydrogen-bond acceptors (Lipinski definition) is 4. The average molecular weight is 417 g/mol. The normalized spacial score (nSPS) is 10.9.